The predicted molar refractivity (Wildman–Crippen MR) is 74.9 cm³/mol. The summed E-state index contributed by atoms with van der Waals surface area (Å²) >= 11 is 0. The molecule has 2 aromatic carbocycles. The van der Waals surface area contributed by atoms with E-state index in [4.69, 9.17) is 4.74 Å². The summed E-state index contributed by atoms with van der Waals surface area (Å²) in [7, 11) is 1.44. The molecule has 0 heterocycles. The van der Waals surface area contributed by atoms with Crippen LogP contribution < -0.4 is 4.74 Å². The maximum Gasteiger partial charge on any atom is 0.199 e. The molecule has 0 unspecified atom stereocenters. The first kappa shape index (κ1) is 12.9. The maximum absolute atomic E-state index is 13.9. The van der Waals surface area contributed by atoms with E-state index in [2.05, 4.69) is 0 Å². The maximum atomic E-state index is 13.9. The fraction of sp³-hybridized carbons (Fsp3) is 0.235. The number of methoxy groups -OCH3 is 1. The molecule has 1 aliphatic carbocycles. The second-order valence-corrected chi connectivity index (χ2v) is 4.98. The average Bonchev–Trinajstić information content (AvgIpc) is 2.93. The van der Waals surface area contributed by atoms with Crippen LogP contribution in [-0.2, 0) is 12.8 Å². The van der Waals surface area contributed by atoms with Crippen LogP contribution in [0.15, 0.2) is 36.4 Å². The number of aryl methyl sites for hydroxylation is 2. The summed E-state index contributed by atoms with van der Waals surface area (Å²) in [5.74, 6) is -0.597. The molecule has 0 radical (unpaired) electrons. The van der Waals surface area contributed by atoms with Crippen molar-refractivity contribution in [3.05, 3.63) is 64.5 Å². The van der Waals surface area contributed by atoms with Gasteiger partial charge in [0.15, 0.2) is 5.78 Å². The van der Waals surface area contributed by atoms with Gasteiger partial charge in [0, 0.05) is 5.56 Å². The lowest BCUT2D eigenvalue weighted by Crippen LogP contribution is -2.07. The van der Waals surface area contributed by atoms with E-state index in [0.29, 0.717) is 5.56 Å². The zero-order valence-corrected chi connectivity index (χ0v) is 11.3. The molecule has 0 aliphatic heterocycles. The number of hydrogen-bond acceptors (Lipinski definition) is 2. The van der Waals surface area contributed by atoms with Gasteiger partial charge in [0.05, 0.1) is 7.11 Å². The van der Waals surface area contributed by atoms with Crippen molar-refractivity contribution in [3.8, 4) is 5.75 Å². The Labute approximate surface area is 117 Å². The molecule has 3 heteroatoms. The summed E-state index contributed by atoms with van der Waals surface area (Å²) in [6.45, 7) is 0. The van der Waals surface area contributed by atoms with Crippen molar-refractivity contribution < 1.29 is 13.9 Å². The highest BCUT2D eigenvalue weighted by Gasteiger charge is 2.21. The second-order valence-electron chi connectivity index (χ2n) is 4.98. The fourth-order valence-corrected chi connectivity index (χ4v) is 2.75. The second kappa shape index (κ2) is 5.08. The van der Waals surface area contributed by atoms with Gasteiger partial charge in [-0.05, 0) is 48.6 Å². The average molecular weight is 270 g/mol. The van der Waals surface area contributed by atoms with Gasteiger partial charge in [0.25, 0.3) is 0 Å². The molecule has 0 spiro atoms. The van der Waals surface area contributed by atoms with E-state index in [-0.39, 0.29) is 17.1 Å². The molecule has 0 saturated heterocycles. The van der Waals surface area contributed by atoms with Crippen LogP contribution in [0.5, 0.6) is 5.75 Å². The van der Waals surface area contributed by atoms with Crippen molar-refractivity contribution in [1.29, 1.82) is 0 Å². The number of carbonyl (C=O) groups excluding carboxylic acids is 1. The monoisotopic (exact) mass is 270 g/mol. The Hall–Kier alpha value is -2.16. The van der Waals surface area contributed by atoms with Crippen LogP contribution in [-0.4, -0.2) is 12.9 Å². The number of carbonyl (C=O) groups is 1. The highest BCUT2D eigenvalue weighted by atomic mass is 19.1. The Balaban J connectivity index is 2.05. The molecule has 2 aromatic rings. The molecule has 0 N–H and O–H groups in total. The SMILES string of the molecule is COc1cccc(F)c1C(=O)c1ccc2c(c1)CCC2. The summed E-state index contributed by atoms with van der Waals surface area (Å²) < 4.78 is 19.0. The molecule has 1 aliphatic rings. The lowest BCUT2D eigenvalue weighted by atomic mass is 9.98. The van der Waals surface area contributed by atoms with Crippen molar-refractivity contribution in [3.63, 3.8) is 0 Å². The van der Waals surface area contributed by atoms with E-state index >= 15 is 0 Å². The van der Waals surface area contributed by atoms with Crippen LogP contribution in [0.1, 0.15) is 33.5 Å². The zero-order valence-electron chi connectivity index (χ0n) is 11.3. The number of benzene rings is 2. The van der Waals surface area contributed by atoms with Crippen molar-refractivity contribution in [2.45, 2.75) is 19.3 Å². The van der Waals surface area contributed by atoms with Gasteiger partial charge in [0.2, 0.25) is 0 Å². The quantitative estimate of drug-likeness (QED) is 0.797. The molecule has 0 saturated carbocycles. The van der Waals surface area contributed by atoms with Gasteiger partial charge in [-0.25, -0.2) is 4.39 Å². The number of rotatable bonds is 3. The minimum Gasteiger partial charge on any atom is -0.496 e. The van der Waals surface area contributed by atoms with E-state index in [1.807, 2.05) is 12.1 Å². The van der Waals surface area contributed by atoms with E-state index in [0.717, 1.165) is 19.3 Å². The van der Waals surface area contributed by atoms with Crippen LogP contribution in [0.2, 0.25) is 0 Å². The molecule has 102 valence electrons. The predicted octanol–water partition coefficient (Wildman–Crippen LogP) is 3.55. The Morgan fingerprint density at radius 2 is 1.95 bits per heavy atom. The lowest BCUT2D eigenvalue weighted by Gasteiger charge is -2.09. The number of fused-ring (bicyclic) bond motifs is 1. The highest BCUT2D eigenvalue weighted by molar-refractivity contribution is 6.11. The van der Waals surface area contributed by atoms with Crippen molar-refractivity contribution in [2.24, 2.45) is 0 Å². The molecule has 0 amide bonds. The summed E-state index contributed by atoms with van der Waals surface area (Å²) in [6.07, 6.45) is 3.17. The van der Waals surface area contributed by atoms with Crippen LogP contribution in [0.3, 0.4) is 0 Å². The Kier molecular flexibility index (Phi) is 3.26. The molecule has 0 fully saturated rings. The molecule has 0 bridgehead atoms. The fourth-order valence-electron chi connectivity index (χ4n) is 2.75. The van der Waals surface area contributed by atoms with Gasteiger partial charge in [-0.1, -0.05) is 18.2 Å². The number of hydrogen-bond donors (Lipinski definition) is 0. The zero-order chi connectivity index (χ0) is 14.1. The molecular weight excluding hydrogens is 255 g/mol. The van der Waals surface area contributed by atoms with E-state index in [1.165, 1.54) is 30.4 Å². The molecule has 3 rings (SSSR count). The Morgan fingerprint density at radius 1 is 1.15 bits per heavy atom. The van der Waals surface area contributed by atoms with Crippen molar-refractivity contribution in [1.82, 2.24) is 0 Å². The molecule has 0 aromatic heterocycles. The molecular formula is C17H15FO2. The Bertz CT molecular complexity index is 677. The topological polar surface area (TPSA) is 26.3 Å². The van der Waals surface area contributed by atoms with Crippen LogP contribution >= 0.6 is 0 Å². The van der Waals surface area contributed by atoms with Crippen LogP contribution in [0.4, 0.5) is 4.39 Å². The van der Waals surface area contributed by atoms with Gasteiger partial charge in [-0.15, -0.1) is 0 Å². The molecule has 20 heavy (non-hydrogen) atoms. The first-order valence-corrected chi connectivity index (χ1v) is 6.69. The van der Waals surface area contributed by atoms with Gasteiger partial charge < -0.3 is 4.74 Å². The van der Waals surface area contributed by atoms with E-state index in [1.54, 1.807) is 12.1 Å². The lowest BCUT2D eigenvalue weighted by molar-refractivity contribution is 0.103. The summed E-state index contributed by atoms with van der Waals surface area (Å²) in [4.78, 5) is 12.5. The van der Waals surface area contributed by atoms with Gasteiger partial charge in [0.1, 0.15) is 17.1 Å². The third-order valence-corrected chi connectivity index (χ3v) is 3.78. The van der Waals surface area contributed by atoms with Gasteiger partial charge in [-0.3, -0.25) is 4.79 Å². The largest absolute Gasteiger partial charge is 0.496 e. The first-order chi connectivity index (χ1) is 9.70. The molecule has 2 nitrogen and oxygen atoms in total. The van der Waals surface area contributed by atoms with E-state index in [9.17, 15) is 9.18 Å². The third-order valence-electron chi connectivity index (χ3n) is 3.78. The summed E-state index contributed by atoms with van der Waals surface area (Å²) in [5, 5.41) is 0. The highest BCUT2D eigenvalue weighted by Crippen LogP contribution is 2.27. The van der Waals surface area contributed by atoms with E-state index < -0.39 is 5.82 Å². The summed E-state index contributed by atoms with van der Waals surface area (Å²) in [6, 6.07) is 10.1. The number of ketones is 1. The Morgan fingerprint density at radius 3 is 2.75 bits per heavy atom. The number of ether oxygens (including phenoxy) is 1. The number of halogens is 1. The minimum atomic E-state index is -0.546. The smallest absolute Gasteiger partial charge is 0.199 e. The normalized spacial score (nSPS) is 13.1. The first-order valence-electron chi connectivity index (χ1n) is 6.69. The minimum absolute atomic E-state index is 0.00736. The summed E-state index contributed by atoms with van der Waals surface area (Å²) in [5.41, 5.74) is 3.02. The standard InChI is InChI=1S/C17H15FO2/c1-20-15-7-3-6-14(18)16(15)17(19)13-9-8-11-4-2-5-12(11)10-13/h3,6-10H,2,4-5H2,1H3. The van der Waals surface area contributed by atoms with Gasteiger partial charge >= 0.3 is 0 Å². The van der Waals surface area contributed by atoms with Crippen LogP contribution in [0.25, 0.3) is 0 Å². The molecule has 0 atom stereocenters. The van der Waals surface area contributed by atoms with Gasteiger partial charge in [-0.2, -0.15) is 0 Å². The van der Waals surface area contributed by atoms with Crippen molar-refractivity contribution >= 4 is 5.78 Å². The third kappa shape index (κ3) is 2.09. The van der Waals surface area contributed by atoms with Crippen LogP contribution in [0, 0.1) is 5.82 Å². The van der Waals surface area contributed by atoms with Crippen molar-refractivity contribution in [2.75, 3.05) is 7.11 Å².